The summed E-state index contributed by atoms with van der Waals surface area (Å²) < 4.78 is 5.11. The largest absolute Gasteiger partial charge is 0.469 e. The second-order valence-electron chi connectivity index (χ2n) is 3.98. The molecule has 1 aromatic carbocycles. The molecule has 94 valence electrons. The molecule has 0 saturated carbocycles. The Morgan fingerprint density at radius 3 is 2.61 bits per heavy atom. The van der Waals surface area contributed by atoms with Gasteiger partial charge >= 0.3 is 0 Å². The van der Waals surface area contributed by atoms with Crippen molar-refractivity contribution in [2.45, 2.75) is 13.0 Å². The first-order valence-electron chi connectivity index (χ1n) is 5.68. The minimum Gasteiger partial charge on any atom is -0.469 e. The van der Waals surface area contributed by atoms with Crippen LogP contribution in [0.4, 0.5) is 0 Å². The van der Waals surface area contributed by atoms with Crippen LogP contribution in [0.3, 0.4) is 0 Å². The van der Waals surface area contributed by atoms with E-state index in [0.29, 0.717) is 17.2 Å². The average molecular weight is 264 g/mol. The third kappa shape index (κ3) is 2.74. The Labute approximate surface area is 111 Å². The molecule has 0 fully saturated rings. The zero-order valence-corrected chi connectivity index (χ0v) is 10.8. The summed E-state index contributed by atoms with van der Waals surface area (Å²) in [4.78, 5) is 12.0. The molecule has 0 radical (unpaired) electrons. The van der Waals surface area contributed by atoms with Gasteiger partial charge in [0.15, 0.2) is 0 Å². The molecule has 2 aromatic rings. The van der Waals surface area contributed by atoms with E-state index in [1.165, 1.54) is 6.26 Å². The summed E-state index contributed by atoms with van der Waals surface area (Å²) in [6.45, 7) is 1.76. The van der Waals surface area contributed by atoms with Crippen LogP contribution in [0.5, 0.6) is 0 Å². The van der Waals surface area contributed by atoms with E-state index in [9.17, 15) is 4.79 Å². The lowest BCUT2D eigenvalue weighted by molar-refractivity contribution is 0.0939. The van der Waals surface area contributed by atoms with Crippen LogP contribution in [0.15, 0.2) is 47.1 Å². The summed E-state index contributed by atoms with van der Waals surface area (Å²) in [7, 11) is 0. The molecule has 0 aliphatic heterocycles. The number of hydrogen-bond acceptors (Lipinski definition) is 2. The zero-order chi connectivity index (χ0) is 13.0. The van der Waals surface area contributed by atoms with E-state index < -0.39 is 0 Å². The SMILES string of the molecule is Cc1occc1C(=O)NC(CCl)c1ccccc1. The minimum atomic E-state index is -0.199. The van der Waals surface area contributed by atoms with E-state index in [0.717, 1.165) is 5.56 Å². The van der Waals surface area contributed by atoms with E-state index in [1.54, 1.807) is 13.0 Å². The number of hydrogen-bond donors (Lipinski definition) is 1. The van der Waals surface area contributed by atoms with Crippen molar-refractivity contribution in [2.24, 2.45) is 0 Å². The first-order valence-corrected chi connectivity index (χ1v) is 6.21. The van der Waals surface area contributed by atoms with Gasteiger partial charge in [0.05, 0.1) is 17.9 Å². The average Bonchev–Trinajstić information content (AvgIpc) is 2.83. The lowest BCUT2D eigenvalue weighted by Gasteiger charge is -2.16. The summed E-state index contributed by atoms with van der Waals surface area (Å²) in [5.74, 6) is 0.761. The number of carbonyl (C=O) groups excluding carboxylic acids is 1. The van der Waals surface area contributed by atoms with Crippen molar-refractivity contribution in [1.29, 1.82) is 0 Å². The third-order valence-corrected chi connectivity index (χ3v) is 3.07. The number of aryl methyl sites for hydroxylation is 1. The van der Waals surface area contributed by atoms with Crippen molar-refractivity contribution >= 4 is 17.5 Å². The molecule has 1 aromatic heterocycles. The number of benzene rings is 1. The van der Waals surface area contributed by atoms with Crippen LogP contribution in [-0.4, -0.2) is 11.8 Å². The van der Waals surface area contributed by atoms with Crippen LogP contribution in [0, 0.1) is 6.92 Å². The molecule has 4 heteroatoms. The molecule has 1 atom stereocenters. The maximum Gasteiger partial charge on any atom is 0.255 e. The molecule has 0 aliphatic carbocycles. The standard InChI is InChI=1S/C14H14ClNO2/c1-10-12(7-8-18-10)14(17)16-13(9-15)11-5-3-2-4-6-11/h2-8,13H,9H2,1H3,(H,16,17). The highest BCUT2D eigenvalue weighted by Crippen LogP contribution is 2.16. The van der Waals surface area contributed by atoms with E-state index in [2.05, 4.69) is 5.32 Å². The van der Waals surface area contributed by atoms with Crippen molar-refractivity contribution in [3.63, 3.8) is 0 Å². The number of carbonyl (C=O) groups is 1. The fourth-order valence-electron chi connectivity index (χ4n) is 1.75. The van der Waals surface area contributed by atoms with Gasteiger partial charge in [-0.05, 0) is 18.6 Å². The fourth-order valence-corrected chi connectivity index (χ4v) is 2.01. The fraction of sp³-hybridized carbons (Fsp3) is 0.214. The van der Waals surface area contributed by atoms with Crippen molar-refractivity contribution in [3.8, 4) is 0 Å². The minimum absolute atomic E-state index is 0.171. The summed E-state index contributed by atoms with van der Waals surface area (Å²) in [5.41, 5.74) is 1.53. The summed E-state index contributed by atoms with van der Waals surface area (Å²) in [5, 5.41) is 2.90. The van der Waals surface area contributed by atoms with Crippen LogP contribution >= 0.6 is 11.6 Å². The second kappa shape index (κ2) is 5.74. The van der Waals surface area contributed by atoms with Gasteiger partial charge in [0.25, 0.3) is 5.91 Å². The van der Waals surface area contributed by atoms with E-state index in [4.69, 9.17) is 16.0 Å². The first kappa shape index (κ1) is 12.7. The smallest absolute Gasteiger partial charge is 0.255 e. The third-order valence-electron chi connectivity index (χ3n) is 2.77. The molecule has 0 spiro atoms. The predicted octanol–water partition coefficient (Wildman–Crippen LogP) is 3.30. The number of alkyl halides is 1. The Balaban J connectivity index is 2.13. The molecule has 18 heavy (non-hydrogen) atoms. The quantitative estimate of drug-likeness (QED) is 0.860. The van der Waals surface area contributed by atoms with Crippen molar-refractivity contribution < 1.29 is 9.21 Å². The van der Waals surface area contributed by atoms with Gasteiger partial charge in [0.1, 0.15) is 5.76 Å². The Morgan fingerprint density at radius 1 is 1.33 bits per heavy atom. The van der Waals surface area contributed by atoms with E-state index in [1.807, 2.05) is 30.3 Å². The lowest BCUT2D eigenvalue weighted by atomic mass is 10.1. The number of furan rings is 1. The van der Waals surface area contributed by atoms with Gasteiger partial charge in [-0.25, -0.2) is 0 Å². The lowest BCUT2D eigenvalue weighted by Crippen LogP contribution is -2.29. The van der Waals surface area contributed by atoms with Crippen LogP contribution in [0.1, 0.15) is 27.7 Å². The Bertz CT molecular complexity index is 522. The zero-order valence-electron chi connectivity index (χ0n) is 10.0. The van der Waals surface area contributed by atoms with Crippen LogP contribution in [0.2, 0.25) is 0 Å². The van der Waals surface area contributed by atoms with Gasteiger partial charge in [0.2, 0.25) is 0 Å². The Kier molecular flexibility index (Phi) is 4.05. The van der Waals surface area contributed by atoms with Gasteiger partial charge in [-0.15, -0.1) is 11.6 Å². The van der Waals surface area contributed by atoms with E-state index >= 15 is 0 Å². The van der Waals surface area contributed by atoms with Crippen molar-refractivity contribution in [1.82, 2.24) is 5.32 Å². The maximum atomic E-state index is 12.0. The van der Waals surface area contributed by atoms with Crippen molar-refractivity contribution in [3.05, 3.63) is 59.5 Å². The molecule has 2 rings (SSSR count). The van der Waals surface area contributed by atoms with Gasteiger partial charge in [-0.1, -0.05) is 30.3 Å². The van der Waals surface area contributed by atoms with Gasteiger partial charge in [-0.2, -0.15) is 0 Å². The highest BCUT2D eigenvalue weighted by molar-refractivity contribution is 6.18. The molecular weight excluding hydrogens is 250 g/mol. The highest BCUT2D eigenvalue weighted by Gasteiger charge is 2.17. The van der Waals surface area contributed by atoms with Crippen LogP contribution in [-0.2, 0) is 0 Å². The Hall–Kier alpha value is -1.74. The van der Waals surface area contributed by atoms with Gasteiger partial charge in [0, 0.05) is 5.88 Å². The molecule has 1 N–H and O–H groups in total. The number of nitrogens with one attached hydrogen (secondary N) is 1. The normalized spacial score (nSPS) is 12.1. The first-order chi connectivity index (χ1) is 8.72. The number of amides is 1. The Morgan fingerprint density at radius 2 is 2.06 bits per heavy atom. The monoisotopic (exact) mass is 263 g/mol. The molecular formula is C14H14ClNO2. The van der Waals surface area contributed by atoms with Gasteiger partial charge in [-0.3, -0.25) is 4.79 Å². The highest BCUT2D eigenvalue weighted by atomic mass is 35.5. The summed E-state index contributed by atoms with van der Waals surface area (Å²) in [6, 6.07) is 11.1. The molecule has 0 bridgehead atoms. The molecule has 0 saturated heterocycles. The van der Waals surface area contributed by atoms with Gasteiger partial charge < -0.3 is 9.73 Å². The van der Waals surface area contributed by atoms with Crippen LogP contribution in [0.25, 0.3) is 0 Å². The predicted molar refractivity (Wildman–Crippen MR) is 70.8 cm³/mol. The molecule has 1 unspecified atom stereocenters. The molecule has 1 heterocycles. The number of rotatable bonds is 4. The molecule has 1 amide bonds. The van der Waals surface area contributed by atoms with E-state index in [-0.39, 0.29) is 11.9 Å². The summed E-state index contributed by atoms with van der Waals surface area (Å²) in [6.07, 6.45) is 1.50. The second-order valence-corrected chi connectivity index (χ2v) is 4.29. The van der Waals surface area contributed by atoms with Crippen LogP contribution < -0.4 is 5.32 Å². The maximum absolute atomic E-state index is 12.0. The molecule has 3 nitrogen and oxygen atoms in total. The van der Waals surface area contributed by atoms with Crippen molar-refractivity contribution in [2.75, 3.05) is 5.88 Å². The molecule has 0 aliphatic rings. The topological polar surface area (TPSA) is 42.2 Å². The number of halogens is 1. The summed E-state index contributed by atoms with van der Waals surface area (Å²) >= 11 is 5.91.